The molecule has 0 aliphatic carbocycles. The summed E-state index contributed by atoms with van der Waals surface area (Å²) in [6.07, 6.45) is 0.599. The largest absolute Gasteiger partial charge is 0.351 e. The molecule has 2 aromatic heterocycles. The highest BCUT2D eigenvalue weighted by Crippen LogP contribution is 2.27. The molecule has 0 aliphatic heterocycles. The lowest BCUT2D eigenvalue weighted by atomic mass is 10.1. The number of hydrogen-bond acceptors (Lipinski definition) is 5. The molecule has 3 rings (SSSR count). The molecule has 1 amide bonds. The molecule has 0 aliphatic rings. The van der Waals surface area contributed by atoms with Gasteiger partial charge in [-0.15, -0.1) is 11.3 Å². The molecule has 3 aromatic rings. The van der Waals surface area contributed by atoms with E-state index in [0.717, 1.165) is 21.5 Å². The Morgan fingerprint density at radius 2 is 2.00 bits per heavy atom. The van der Waals surface area contributed by atoms with Crippen LogP contribution in [0.1, 0.15) is 20.9 Å². The zero-order valence-corrected chi connectivity index (χ0v) is 15.4. The maximum atomic E-state index is 12.3. The van der Waals surface area contributed by atoms with Gasteiger partial charge in [0, 0.05) is 19.0 Å². The van der Waals surface area contributed by atoms with Crippen LogP contribution in [0.15, 0.2) is 35.2 Å². The summed E-state index contributed by atoms with van der Waals surface area (Å²) in [6.45, 7) is 2.38. The van der Waals surface area contributed by atoms with E-state index in [-0.39, 0.29) is 10.8 Å². The quantitative estimate of drug-likeness (QED) is 0.702. The van der Waals surface area contributed by atoms with E-state index in [1.807, 2.05) is 20.0 Å². The van der Waals surface area contributed by atoms with Crippen LogP contribution in [0, 0.1) is 6.92 Å². The molecule has 1 aromatic carbocycles. The van der Waals surface area contributed by atoms with E-state index in [1.54, 1.807) is 16.8 Å². The number of nitrogens with two attached hydrogens (primary N) is 1. The lowest BCUT2D eigenvalue weighted by Gasteiger charge is -2.05. The fraction of sp³-hybridized carbons (Fsp3) is 0.250. The molecule has 0 unspecified atom stereocenters. The number of nitrogens with zero attached hydrogens (tertiary/aromatic N) is 2. The van der Waals surface area contributed by atoms with Crippen molar-refractivity contribution in [2.75, 3.05) is 6.54 Å². The van der Waals surface area contributed by atoms with Crippen molar-refractivity contribution in [2.24, 2.45) is 12.2 Å². The molecule has 132 valence electrons. The van der Waals surface area contributed by atoms with Crippen LogP contribution < -0.4 is 10.5 Å². The number of fused-ring (bicyclic) bond motifs is 1. The molecule has 0 saturated carbocycles. The summed E-state index contributed by atoms with van der Waals surface area (Å²) in [5.74, 6) is -0.123. The van der Waals surface area contributed by atoms with E-state index in [4.69, 9.17) is 5.14 Å². The summed E-state index contributed by atoms with van der Waals surface area (Å²) >= 11 is 1.41. The summed E-state index contributed by atoms with van der Waals surface area (Å²) in [6, 6.07) is 8.18. The molecule has 7 nitrogen and oxygen atoms in total. The minimum atomic E-state index is -3.68. The number of rotatable bonds is 5. The molecule has 25 heavy (non-hydrogen) atoms. The number of primary sulfonamides is 1. The summed E-state index contributed by atoms with van der Waals surface area (Å²) in [7, 11) is -1.82. The summed E-state index contributed by atoms with van der Waals surface area (Å²) in [4.78, 5) is 14.0. The van der Waals surface area contributed by atoms with Gasteiger partial charge in [0.25, 0.3) is 5.91 Å². The number of hydrogen-bond donors (Lipinski definition) is 2. The maximum absolute atomic E-state index is 12.3. The average molecular weight is 378 g/mol. The normalized spacial score (nSPS) is 11.8. The van der Waals surface area contributed by atoms with Gasteiger partial charge in [-0.2, -0.15) is 5.10 Å². The molecular weight excluding hydrogens is 360 g/mol. The molecular formula is C16H18N4O3S2. The van der Waals surface area contributed by atoms with E-state index in [0.29, 0.717) is 17.8 Å². The third-order valence-corrected chi connectivity index (χ3v) is 6.00. The highest BCUT2D eigenvalue weighted by molar-refractivity contribution is 7.89. The minimum Gasteiger partial charge on any atom is -0.351 e. The lowest BCUT2D eigenvalue weighted by Crippen LogP contribution is -2.24. The Morgan fingerprint density at radius 3 is 2.60 bits per heavy atom. The van der Waals surface area contributed by atoms with E-state index in [1.165, 1.54) is 23.5 Å². The Morgan fingerprint density at radius 1 is 1.32 bits per heavy atom. The van der Waals surface area contributed by atoms with Gasteiger partial charge in [-0.05, 0) is 37.1 Å². The van der Waals surface area contributed by atoms with Crippen molar-refractivity contribution in [2.45, 2.75) is 18.2 Å². The van der Waals surface area contributed by atoms with E-state index < -0.39 is 10.0 Å². The molecule has 0 saturated heterocycles. The van der Waals surface area contributed by atoms with Crippen molar-refractivity contribution in [1.82, 2.24) is 15.1 Å². The first-order chi connectivity index (χ1) is 11.8. The number of sulfonamides is 1. The number of aromatic nitrogens is 2. The Labute approximate surface area is 149 Å². The molecule has 9 heteroatoms. The van der Waals surface area contributed by atoms with Crippen LogP contribution in [0.3, 0.4) is 0 Å². The van der Waals surface area contributed by atoms with Gasteiger partial charge in [-0.25, -0.2) is 13.6 Å². The van der Waals surface area contributed by atoms with Crippen LogP contribution in [0.2, 0.25) is 0 Å². The summed E-state index contributed by atoms with van der Waals surface area (Å²) in [5, 5.41) is 13.3. The summed E-state index contributed by atoms with van der Waals surface area (Å²) < 4.78 is 24.2. The molecule has 0 radical (unpaired) electrons. The van der Waals surface area contributed by atoms with E-state index >= 15 is 0 Å². The number of carbonyl (C=O) groups excluding carboxylic acids is 1. The number of thiophene rings is 1. The third-order valence-electron chi connectivity index (χ3n) is 3.87. The number of benzene rings is 1. The monoisotopic (exact) mass is 378 g/mol. The van der Waals surface area contributed by atoms with Crippen molar-refractivity contribution < 1.29 is 13.2 Å². The predicted molar refractivity (Wildman–Crippen MR) is 97.2 cm³/mol. The molecule has 2 heterocycles. The first kappa shape index (κ1) is 17.6. The number of nitrogens with one attached hydrogen (secondary N) is 1. The van der Waals surface area contributed by atoms with Gasteiger partial charge in [0.1, 0.15) is 4.83 Å². The summed E-state index contributed by atoms with van der Waals surface area (Å²) in [5.41, 5.74) is 1.83. The Kier molecular flexibility index (Phi) is 4.63. The average Bonchev–Trinajstić information content (AvgIpc) is 3.09. The fourth-order valence-electron chi connectivity index (χ4n) is 2.57. The maximum Gasteiger partial charge on any atom is 0.261 e. The van der Waals surface area contributed by atoms with Gasteiger partial charge in [0.15, 0.2) is 0 Å². The van der Waals surface area contributed by atoms with Crippen molar-refractivity contribution in [3.05, 3.63) is 46.5 Å². The zero-order valence-electron chi connectivity index (χ0n) is 13.8. The second kappa shape index (κ2) is 6.58. The smallest absolute Gasteiger partial charge is 0.261 e. The Balaban J connectivity index is 1.61. The van der Waals surface area contributed by atoms with E-state index in [2.05, 4.69) is 10.4 Å². The van der Waals surface area contributed by atoms with Crippen LogP contribution in [0.5, 0.6) is 0 Å². The molecule has 0 atom stereocenters. The number of carbonyl (C=O) groups is 1. The van der Waals surface area contributed by atoms with Crippen LogP contribution >= 0.6 is 11.3 Å². The Hall–Kier alpha value is -2.23. The zero-order chi connectivity index (χ0) is 18.2. The van der Waals surface area contributed by atoms with Gasteiger partial charge >= 0.3 is 0 Å². The molecule has 0 bridgehead atoms. The molecule has 0 fully saturated rings. The molecule has 3 N–H and O–H groups in total. The highest BCUT2D eigenvalue weighted by atomic mass is 32.2. The SMILES string of the molecule is Cc1nn(C)c2sc(C(=O)NCCc3ccc(S(N)(=O)=O)cc3)cc12. The lowest BCUT2D eigenvalue weighted by molar-refractivity contribution is 0.0958. The molecule has 0 spiro atoms. The van der Waals surface area contributed by atoms with Crippen LogP contribution in [-0.2, 0) is 23.5 Å². The van der Waals surface area contributed by atoms with Crippen molar-refractivity contribution in [1.29, 1.82) is 0 Å². The van der Waals surface area contributed by atoms with Gasteiger partial charge in [-0.3, -0.25) is 9.48 Å². The van der Waals surface area contributed by atoms with Gasteiger partial charge in [0.05, 0.1) is 15.5 Å². The van der Waals surface area contributed by atoms with Crippen LogP contribution in [-0.4, -0.2) is 30.7 Å². The fourth-order valence-corrected chi connectivity index (χ4v) is 4.13. The Bertz CT molecular complexity index is 999. The van der Waals surface area contributed by atoms with E-state index in [9.17, 15) is 13.2 Å². The van der Waals surface area contributed by atoms with Gasteiger partial charge in [-0.1, -0.05) is 12.1 Å². The van der Waals surface area contributed by atoms with Gasteiger partial charge < -0.3 is 5.32 Å². The number of aryl methyl sites for hydroxylation is 2. The highest BCUT2D eigenvalue weighted by Gasteiger charge is 2.14. The topological polar surface area (TPSA) is 107 Å². The third kappa shape index (κ3) is 3.73. The van der Waals surface area contributed by atoms with Crippen molar-refractivity contribution >= 4 is 37.5 Å². The van der Waals surface area contributed by atoms with Gasteiger partial charge in [0.2, 0.25) is 10.0 Å². The minimum absolute atomic E-state index is 0.0783. The number of amides is 1. The van der Waals surface area contributed by atoms with Crippen molar-refractivity contribution in [3.63, 3.8) is 0 Å². The second-order valence-corrected chi connectivity index (χ2v) is 8.33. The van der Waals surface area contributed by atoms with Crippen LogP contribution in [0.4, 0.5) is 0 Å². The predicted octanol–water partition coefficient (Wildman–Crippen LogP) is 1.56. The van der Waals surface area contributed by atoms with Crippen molar-refractivity contribution in [3.8, 4) is 0 Å². The standard InChI is InChI=1S/C16H18N4O3S2/c1-10-13-9-14(24-16(13)20(2)19-10)15(21)18-8-7-11-3-5-12(6-4-11)25(17,22)23/h3-6,9H,7-8H2,1-2H3,(H,18,21)(H2,17,22,23). The van der Waals surface area contributed by atoms with Crippen LogP contribution in [0.25, 0.3) is 10.2 Å². The first-order valence-corrected chi connectivity index (χ1v) is 9.95. The second-order valence-electron chi connectivity index (χ2n) is 5.73. The first-order valence-electron chi connectivity index (χ1n) is 7.59.